The van der Waals surface area contributed by atoms with Crippen LogP contribution in [-0.2, 0) is 4.74 Å². The zero-order valence-electron chi connectivity index (χ0n) is 11.7. The second-order valence-electron chi connectivity index (χ2n) is 5.96. The van der Waals surface area contributed by atoms with E-state index in [4.69, 9.17) is 10.5 Å². The molecule has 1 amide bonds. The molecule has 21 heavy (non-hydrogen) atoms. The molecule has 1 aliphatic heterocycles. The van der Waals surface area contributed by atoms with E-state index in [0.29, 0.717) is 11.3 Å². The first-order chi connectivity index (χ1) is 10.2. The third kappa shape index (κ3) is 1.90. The number of aromatic nitrogens is 2. The van der Waals surface area contributed by atoms with Crippen molar-refractivity contribution in [3.63, 3.8) is 0 Å². The van der Waals surface area contributed by atoms with Crippen molar-refractivity contribution in [1.82, 2.24) is 14.9 Å². The number of carbonyl (C=O) groups excluding carboxylic acids is 1. The summed E-state index contributed by atoms with van der Waals surface area (Å²) in [6, 6.07) is 3.54. The molecule has 0 bridgehead atoms. The number of anilines is 1. The van der Waals surface area contributed by atoms with E-state index in [-0.39, 0.29) is 17.6 Å². The molecule has 0 radical (unpaired) electrons. The van der Waals surface area contributed by atoms with Gasteiger partial charge in [0.05, 0.1) is 28.9 Å². The SMILES string of the molecule is Nc1ccn2ncc(C(=O)N[C@]34CCC[C@H]3OCC4)c2c1. The van der Waals surface area contributed by atoms with Gasteiger partial charge in [-0.1, -0.05) is 0 Å². The Bertz CT molecular complexity index is 699. The maximum Gasteiger partial charge on any atom is 0.255 e. The molecule has 1 saturated heterocycles. The number of nitrogens with two attached hydrogens (primary N) is 1. The molecule has 2 aromatic heterocycles. The fraction of sp³-hybridized carbons (Fsp3) is 0.467. The lowest BCUT2D eigenvalue weighted by molar-refractivity contribution is 0.0719. The largest absolute Gasteiger partial charge is 0.399 e. The number of fused-ring (bicyclic) bond motifs is 2. The minimum Gasteiger partial charge on any atom is -0.399 e. The Morgan fingerprint density at radius 1 is 1.52 bits per heavy atom. The molecule has 0 spiro atoms. The van der Waals surface area contributed by atoms with Crippen LogP contribution in [0.15, 0.2) is 24.5 Å². The number of carbonyl (C=O) groups is 1. The van der Waals surface area contributed by atoms with Crippen LogP contribution in [0.1, 0.15) is 36.0 Å². The molecule has 3 heterocycles. The number of hydrogen-bond acceptors (Lipinski definition) is 4. The summed E-state index contributed by atoms with van der Waals surface area (Å²) in [7, 11) is 0. The van der Waals surface area contributed by atoms with Gasteiger partial charge in [-0.2, -0.15) is 5.10 Å². The molecule has 0 aromatic carbocycles. The van der Waals surface area contributed by atoms with Gasteiger partial charge < -0.3 is 15.8 Å². The number of pyridine rings is 1. The van der Waals surface area contributed by atoms with Gasteiger partial charge in [0.1, 0.15) is 0 Å². The highest BCUT2D eigenvalue weighted by Crippen LogP contribution is 2.40. The smallest absolute Gasteiger partial charge is 0.255 e. The van der Waals surface area contributed by atoms with Crippen molar-refractivity contribution < 1.29 is 9.53 Å². The van der Waals surface area contributed by atoms with Gasteiger partial charge in [-0.25, -0.2) is 4.52 Å². The van der Waals surface area contributed by atoms with E-state index < -0.39 is 0 Å². The molecule has 1 saturated carbocycles. The molecular weight excluding hydrogens is 268 g/mol. The summed E-state index contributed by atoms with van der Waals surface area (Å²) in [4.78, 5) is 12.7. The second-order valence-corrected chi connectivity index (χ2v) is 5.96. The van der Waals surface area contributed by atoms with E-state index in [1.165, 1.54) is 0 Å². The van der Waals surface area contributed by atoms with Crippen molar-refractivity contribution in [2.75, 3.05) is 12.3 Å². The lowest BCUT2D eigenvalue weighted by Gasteiger charge is -2.28. The molecule has 110 valence electrons. The molecule has 6 heteroatoms. The maximum absolute atomic E-state index is 12.7. The monoisotopic (exact) mass is 286 g/mol. The van der Waals surface area contributed by atoms with E-state index in [1.807, 2.05) is 0 Å². The first-order valence-corrected chi connectivity index (χ1v) is 7.35. The molecule has 4 rings (SSSR count). The molecule has 2 fully saturated rings. The van der Waals surface area contributed by atoms with Crippen molar-refractivity contribution in [2.24, 2.45) is 0 Å². The average Bonchev–Trinajstić information content (AvgIpc) is 3.10. The highest BCUT2D eigenvalue weighted by Gasteiger charge is 2.48. The Kier molecular flexibility index (Phi) is 2.68. The summed E-state index contributed by atoms with van der Waals surface area (Å²) in [6.45, 7) is 0.729. The lowest BCUT2D eigenvalue weighted by Crippen LogP contribution is -2.50. The van der Waals surface area contributed by atoms with Crippen LogP contribution in [0.5, 0.6) is 0 Å². The Labute approximate surface area is 122 Å². The fourth-order valence-electron chi connectivity index (χ4n) is 3.62. The van der Waals surface area contributed by atoms with Crippen LogP contribution in [0.3, 0.4) is 0 Å². The van der Waals surface area contributed by atoms with Gasteiger partial charge in [-0.05, 0) is 37.8 Å². The molecule has 0 unspecified atom stereocenters. The van der Waals surface area contributed by atoms with Gasteiger partial charge in [0, 0.05) is 18.5 Å². The first kappa shape index (κ1) is 12.6. The average molecular weight is 286 g/mol. The van der Waals surface area contributed by atoms with Gasteiger partial charge in [0.25, 0.3) is 5.91 Å². The standard InChI is InChI=1S/C15H18N4O2/c16-10-3-6-19-12(8-10)11(9-17-19)14(20)18-15-4-1-2-13(15)21-7-5-15/h3,6,8-9,13H,1-2,4-5,7,16H2,(H,18,20)/t13-,15+/m1/s1. The van der Waals surface area contributed by atoms with Crippen molar-refractivity contribution in [2.45, 2.75) is 37.3 Å². The summed E-state index contributed by atoms with van der Waals surface area (Å²) < 4.78 is 7.42. The Hall–Kier alpha value is -2.08. The predicted molar refractivity (Wildman–Crippen MR) is 78.0 cm³/mol. The zero-order valence-corrected chi connectivity index (χ0v) is 11.7. The van der Waals surface area contributed by atoms with E-state index in [1.54, 1.807) is 29.0 Å². The van der Waals surface area contributed by atoms with Crippen LogP contribution in [-0.4, -0.2) is 33.8 Å². The van der Waals surface area contributed by atoms with Crippen molar-refractivity contribution in [3.05, 3.63) is 30.1 Å². The minimum atomic E-state index is -0.189. The number of ether oxygens (including phenoxy) is 1. The van der Waals surface area contributed by atoms with Crippen molar-refractivity contribution >= 4 is 17.1 Å². The summed E-state index contributed by atoms with van der Waals surface area (Å²) in [5, 5.41) is 7.42. The normalized spacial score (nSPS) is 27.9. The number of nitrogens with zero attached hydrogens (tertiary/aromatic N) is 2. The van der Waals surface area contributed by atoms with Crippen molar-refractivity contribution in [1.29, 1.82) is 0 Å². The predicted octanol–water partition coefficient (Wildman–Crippen LogP) is 1.36. The molecule has 2 atom stereocenters. The van der Waals surface area contributed by atoms with Gasteiger partial charge in [-0.15, -0.1) is 0 Å². The van der Waals surface area contributed by atoms with Crippen LogP contribution in [0.2, 0.25) is 0 Å². The summed E-state index contributed by atoms with van der Waals surface area (Å²) in [5.74, 6) is -0.0898. The fourth-order valence-corrected chi connectivity index (χ4v) is 3.62. The first-order valence-electron chi connectivity index (χ1n) is 7.35. The van der Waals surface area contributed by atoms with Crippen LogP contribution in [0.4, 0.5) is 5.69 Å². The molecule has 3 N–H and O–H groups in total. The molecule has 6 nitrogen and oxygen atoms in total. The third-order valence-electron chi connectivity index (χ3n) is 4.73. The lowest BCUT2D eigenvalue weighted by atomic mass is 9.93. The van der Waals surface area contributed by atoms with Gasteiger partial charge in [-0.3, -0.25) is 4.79 Å². The topological polar surface area (TPSA) is 81.7 Å². The maximum atomic E-state index is 12.7. The number of hydrogen-bond donors (Lipinski definition) is 2. The van der Waals surface area contributed by atoms with Crippen LogP contribution >= 0.6 is 0 Å². The molecular formula is C15H18N4O2. The van der Waals surface area contributed by atoms with Gasteiger partial charge in [0.15, 0.2) is 0 Å². The van der Waals surface area contributed by atoms with Crippen LogP contribution in [0, 0.1) is 0 Å². The summed E-state index contributed by atoms with van der Waals surface area (Å²) in [6.07, 6.45) is 7.54. The Balaban J connectivity index is 1.66. The van der Waals surface area contributed by atoms with Crippen LogP contribution in [0.25, 0.3) is 5.52 Å². The van der Waals surface area contributed by atoms with E-state index in [0.717, 1.165) is 37.8 Å². The third-order valence-corrected chi connectivity index (χ3v) is 4.73. The Morgan fingerprint density at radius 3 is 3.33 bits per heavy atom. The highest BCUT2D eigenvalue weighted by atomic mass is 16.5. The number of rotatable bonds is 2. The number of nitrogens with one attached hydrogen (secondary N) is 1. The minimum absolute atomic E-state index is 0.0898. The second kappa shape index (κ2) is 4.46. The summed E-state index contributed by atoms with van der Waals surface area (Å²) in [5.41, 5.74) is 7.54. The summed E-state index contributed by atoms with van der Waals surface area (Å²) >= 11 is 0. The highest BCUT2D eigenvalue weighted by molar-refractivity contribution is 6.01. The molecule has 2 aliphatic rings. The zero-order chi connectivity index (χ0) is 14.4. The van der Waals surface area contributed by atoms with Crippen molar-refractivity contribution in [3.8, 4) is 0 Å². The quantitative estimate of drug-likeness (QED) is 0.873. The van der Waals surface area contributed by atoms with Gasteiger partial charge in [0.2, 0.25) is 0 Å². The number of amides is 1. The van der Waals surface area contributed by atoms with Gasteiger partial charge >= 0.3 is 0 Å². The van der Waals surface area contributed by atoms with E-state index in [9.17, 15) is 4.79 Å². The number of nitrogen functional groups attached to an aromatic ring is 1. The van der Waals surface area contributed by atoms with Crippen LogP contribution < -0.4 is 11.1 Å². The Morgan fingerprint density at radius 2 is 2.43 bits per heavy atom. The van der Waals surface area contributed by atoms with E-state index >= 15 is 0 Å². The van der Waals surface area contributed by atoms with E-state index in [2.05, 4.69) is 10.4 Å². The molecule has 1 aliphatic carbocycles. The molecule has 2 aromatic rings.